The molecule has 0 aliphatic carbocycles. The van der Waals surface area contributed by atoms with Gasteiger partial charge in [-0.05, 0) is 57.2 Å². The third-order valence-electron chi connectivity index (χ3n) is 3.16. The number of carbonyl (C=O) groups excluding carboxylic acids is 2. The second-order valence-corrected chi connectivity index (χ2v) is 6.32. The van der Waals surface area contributed by atoms with Crippen molar-refractivity contribution in [1.82, 2.24) is 0 Å². The number of Topliss-reactive ketones (excluding diaryl/α,β-unsaturated/α-hetero) is 1. The fourth-order valence-corrected chi connectivity index (χ4v) is 2.14. The van der Waals surface area contributed by atoms with Gasteiger partial charge in [0.05, 0.1) is 5.69 Å². The maximum Gasteiger partial charge on any atom is 0.255 e. The van der Waals surface area contributed by atoms with Crippen LogP contribution in [0.25, 0.3) is 0 Å². The number of rotatable bonds is 5. The van der Waals surface area contributed by atoms with Crippen molar-refractivity contribution in [3.8, 4) is 5.75 Å². The summed E-state index contributed by atoms with van der Waals surface area (Å²) in [5.41, 5.74) is 0.785. The fraction of sp³-hybridized carbons (Fsp3) is 0.263. The number of benzene rings is 2. The maximum atomic E-state index is 12.3. The van der Waals surface area contributed by atoms with Crippen molar-refractivity contribution in [3.05, 3.63) is 59.7 Å². The summed E-state index contributed by atoms with van der Waals surface area (Å²) in [6.45, 7) is 5.24. The molecule has 0 bridgehead atoms. The summed E-state index contributed by atoms with van der Waals surface area (Å²) < 4.78 is 5.72. The van der Waals surface area contributed by atoms with Crippen LogP contribution in [0.1, 0.15) is 41.5 Å². The van der Waals surface area contributed by atoms with Gasteiger partial charge in [-0.1, -0.05) is 12.1 Å². The number of hydrogen-bond acceptors (Lipinski definition) is 4. The SMILES string of the molecule is CC(C)(C)Oc1ccc(C(=O)Nc2ccccc2C(=O)CO)cc1. The monoisotopic (exact) mass is 327 g/mol. The summed E-state index contributed by atoms with van der Waals surface area (Å²) in [6.07, 6.45) is 0. The molecule has 0 aromatic heterocycles. The molecule has 0 atom stereocenters. The second-order valence-electron chi connectivity index (χ2n) is 6.32. The van der Waals surface area contributed by atoms with E-state index in [9.17, 15) is 9.59 Å². The van der Waals surface area contributed by atoms with Crippen molar-refractivity contribution >= 4 is 17.4 Å². The number of nitrogens with one attached hydrogen (secondary N) is 1. The highest BCUT2D eigenvalue weighted by molar-refractivity contribution is 6.09. The average Bonchev–Trinajstić information content (AvgIpc) is 2.53. The predicted octanol–water partition coefficient (Wildman–Crippen LogP) is 3.29. The second kappa shape index (κ2) is 7.27. The van der Waals surface area contributed by atoms with Crippen LogP contribution in [0, 0.1) is 0 Å². The molecule has 0 saturated heterocycles. The van der Waals surface area contributed by atoms with Gasteiger partial charge in [-0.15, -0.1) is 0 Å². The van der Waals surface area contributed by atoms with Gasteiger partial charge in [-0.25, -0.2) is 0 Å². The van der Waals surface area contributed by atoms with E-state index in [1.807, 2.05) is 20.8 Å². The first-order valence-corrected chi connectivity index (χ1v) is 7.63. The van der Waals surface area contributed by atoms with Crippen molar-refractivity contribution < 1.29 is 19.4 Å². The molecular formula is C19H21NO4. The highest BCUT2D eigenvalue weighted by atomic mass is 16.5. The normalized spacial score (nSPS) is 11.0. The van der Waals surface area contributed by atoms with Crippen molar-refractivity contribution in [2.45, 2.75) is 26.4 Å². The molecule has 5 heteroatoms. The molecular weight excluding hydrogens is 306 g/mol. The van der Waals surface area contributed by atoms with E-state index in [1.54, 1.807) is 48.5 Å². The Morgan fingerprint density at radius 1 is 1.04 bits per heavy atom. The van der Waals surface area contributed by atoms with Crippen molar-refractivity contribution in [2.24, 2.45) is 0 Å². The van der Waals surface area contributed by atoms with E-state index in [1.165, 1.54) is 0 Å². The third kappa shape index (κ3) is 4.67. The Balaban J connectivity index is 2.15. The first-order chi connectivity index (χ1) is 11.3. The van der Waals surface area contributed by atoms with E-state index in [-0.39, 0.29) is 17.1 Å². The van der Waals surface area contributed by atoms with E-state index in [4.69, 9.17) is 9.84 Å². The molecule has 24 heavy (non-hydrogen) atoms. The molecule has 0 aliphatic rings. The lowest BCUT2D eigenvalue weighted by molar-refractivity contribution is 0.0904. The number of ketones is 1. The number of hydrogen-bond donors (Lipinski definition) is 2. The van der Waals surface area contributed by atoms with Gasteiger partial charge in [0.25, 0.3) is 5.91 Å². The molecule has 2 N–H and O–H groups in total. The Kier molecular flexibility index (Phi) is 5.36. The summed E-state index contributed by atoms with van der Waals surface area (Å²) >= 11 is 0. The highest BCUT2D eigenvalue weighted by Crippen LogP contribution is 2.20. The zero-order chi connectivity index (χ0) is 17.7. The topological polar surface area (TPSA) is 75.6 Å². The molecule has 5 nitrogen and oxygen atoms in total. The largest absolute Gasteiger partial charge is 0.488 e. The summed E-state index contributed by atoms with van der Waals surface area (Å²) in [7, 11) is 0. The number of aliphatic hydroxyl groups is 1. The lowest BCUT2D eigenvalue weighted by atomic mass is 10.1. The van der Waals surface area contributed by atoms with E-state index in [0.717, 1.165) is 0 Å². The van der Waals surface area contributed by atoms with Crippen LogP contribution in [0.5, 0.6) is 5.75 Å². The number of para-hydroxylation sites is 1. The van der Waals surface area contributed by atoms with Crippen LogP contribution in [-0.4, -0.2) is 29.0 Å². The number of aliphatic hydroxyl groups excluding tert-OH is 1. The van der Waals surface area contributed by atoms with Gasteiger partial charge in [0.1, 0.15) is 18.0 Å². The van der Waals surface area contributed by atoms with Gasteiger partial charge in [0, 0.05) is 11.1 Å². The predicted molar refractivity (Wildman–Crippen MR) is 92.6 cm³/mol. The number of anilines is 1. The Labute approximate surface area is 141 Å². The van der Waals surface area contributed by atoms with Crippen LogP contribution in [0.3, 0.4) is 0 Å². The van der Waals surface area contributed by atoms with E-state index >= 15 is 0 Å². The van der Waals surface area contributed by atoms with Crippen LogP contribution < -0.4 is 10.1 Å². The Morgan fingerprint density at radius 2 is 1.67 bits per heavy atom. The van der Waals surface area contributed by atoms with Crippen LogP contribution in [0.4, 0.5) is 5.69 Å². The van der Waals surface area contributed by atoms with Gasteiger partial charge in [-0.3, -0.25) is 9.59 Å². The quantitative estimate of drug-likeness (QED) is 0.826. The molecule has 0 heterocycles. The minimum absolute atomic E-state index is 0.279. The minimum atomic E-state index is -0.605. The zero-order valence-electron chi connectivity index (χ0n) is 14.0. The molecule has 126 valence electrons. The Morgan fingerprint density at radius 3 is 2.25 bits per heavy atom. The van der Waals surface area contributed by atoms with E-state index in [2.05, 4.69) is 5.32 Å². The Bertz CT molecular complexity index is 730. The molecule has 1 amide bonds. The highest BCUT2D eigenvalue weighted by Gasteiger charge is 2.15. The van der Waals surface area contributed by atoms with Crippen molar-refractivity contribution in [1.29, 1.82) is 0 Å². The van der Waals surface area contributed by atoms with E-state index in [0.29, 0.717) is 17.0 Å². The van der Waals surface area contributed by atoms with Crippen LogP contribution in [0.15, 0.2) is 48.5 Å². The van der Waals surface area contributed by atoms with E-state index < -0.39 is 12.4 Å². The fourth-order valence-electron chi connectivity index (χ4n) is 2.14. The number of carbonyl (C=O) groups is 2. The van der Waals surface area contributed by atoms with Crippen LogP contribution in [0.2, 0.25) is 0 Å². The van der Waals surface area contributed by atoms with Gasteiger partial charge in [-0.2, -0.15) is 0 Å². The molecule has 0 unspecified atom stereocenters. The first kappa shape index (κ1) is 17.7. The smallest absolute Gasteiger partial charge is 0.255 e. The molecule has 0 aliphatic heterocycles. The molecule has 2 aromatic rings. The first-order valence-electron chi connectivity index (χ1n) is 7.63. The van der Waals surface area contributed by atoms with Gasteiger partial charge in [0.15, 0.2) is 5.78 Å². The lowest BCUT2D eigenvalue weighted by Crippen LogP contribution is -2.23. The van der Waals surface area contributed by atoms with Gasteiger partial charge < -0.3 is 15.2 Å². The number of ether oxygens (including phenoxy) is 1. The summed E-state index contributed by atoms with van der Waals surface area (Å²) in [4.78, 5) is 24.1. The lowest BCUT2D eigenvalue weighted by Gasteiger charge is -2.21. The minimum Gasteiger partial charge on any atom is -0.488 e. The maximum absolute atomic E-state index is 12.3. The van der Waals surface area contributed by atoms with Crippen molar-refractivity contribution in [3.63, 3.8) is 0 Å². The molecule has 0 spiro atoms. The summed E-state index contributed by atoms with van der Waals surface area (Å²) in [6, 6.07) is 13.4. The van der Waals surface area contributed by atoms with Gasteiger partial charge in [0.2, 0.25) is 0 Å². The summed E-state index contributed by atoms with van der Waals surface area (Å²) in [5.74, 6) is -0.106. The standard InChI is InChI=1S/C19H21NO4/c1-19(2,3)24-14-10-8-13(9-11-14)18(23)20-16-7-5-4-6-15(16)17(22)12-21/h4-11,21H,12H2,1-3H3,(H,20,23). The third-order valence-corrected chi connectivity index (χ3v) is 3.16. The molecule has 2 rings (SSSR count). The molecule has 0 fully saturated rings. The van der Waals surface area contributed by atoms with Crippen LogP contribution >= 0.6 is 0 Å². The van der Waals surface area contributed by atoms with Crippen molar-refractivity contribution in [2.75, 3.05) is 11.9 Å². The molecule has 0 radical (unpaired) electrons. The average molecular weight is 327 g/mol. The number of amides is 1. The van der Waals surface area contributed by atoms with Crippen LogP contribution in [-0.2, 0) is 0 Å². The summed E-state index contributed by atoms with van der Waals surface area (Å²) in [5, 5.41) is 11.7. The zero-order valence-corrected chi connectivity index (χ0v) is 14.0. The Hall–Kier alpha value is -2.66. The van der Waals surface area contributed by atoms with Gasteiger partial charge >= 0.3 is 0 Å². The molecule has 2 aromatic carbocycles. The molecule has 0 saturated carbocycles.